The maximum absolute atomic E-state index is 12.9. The number of benzene rings is 2. The highest BCUT2D eigenvalue weighted by atomic mass is 32.2. The van der Waals surface area contributed by atoms with Gasteiger partial charge in [0.1, 0.15) is 5.39 Å². The summed E-state index contributed by atoms with van der Waals surface area (Å²) in [7, 11) is 0. The van der Waals surface area contributed by atoms with Crippen LogP contribution in [0.4, 0.5) is 5.69 Å². The van der Waals surface area contributed by atoms with Crippen molar-refractivity contribution < 1.29 is 4.79 Å². The van der Waals surface area contributed by atoms with Crippen LogP contribution in [0.2, 0.25) is 0 Å². The van der Waals surface area contributed by atoms with E-state index in [0.717, 1.165) is 11.3 Å². The standard InChI is InChI=1S/C20H17N5O2S/c1-13-7-9-14(10-8-13)22-17(26)12-28-20-23-18-16(11-21-24-18)19(27)25(20)15-5-3-2-4-6-15/h2-11H,12H2,1H3,(H,21,24)(H,22,26). The van der Waals surface area contributed by atoms with E-state index in [1.54, 1.807) is 0 Å². The predicted octanol–water partition coefficient (Wildman–Crippen LogP) is 3.15. The van der Waals surface area contributed by atoms with Crippen LogP contribution in [0.15, 0.2) is 70.7 Å². The van der Waals surface area contributed by atoms with Crippen LogP contribution in [-0.4, -0.2) is 31.4 Å². The first kappa shape index (κ1) is 18.0. The Bertz CT molecular complexity index is 1180. The lowest BCUT2D eigenvalue weighted by Gasteiger charge is -2.12. The van der Waals surface area contributed by atoms with E-state index in [1.807, 2.05) is 61.5 Å². The van der Waals surface area contributed by atoms with Crippen molar-refractivity contribution in [3.05, 3.63) is 76.7 Å². The summed E-state index contributed by atoms with van der Waals surface area (Å²) in [6.45, 7) is 1.99. The molecule has 2 heterocycles. The molecule has 4 rings (SSSR count). The highest BCUT2D eigenvalue weighted by Gasteiger charge is 2.15. The number of H-pyrrole nitrogens is 1. The second kappa shape index (κ2) is 7.69. The second-order valence-corrected chi connectivity index (χ2v) is 7.15. The van der Waals surface area contributed by atoms with Crippen LogP contribution in [0.5, 0.6) is 0 Å². The van der Waals surface area contributed by atoms with Gasteiger partial charge in [-0.05, 0) is 31.2 Å². The van der Waals surface area contributed by atoms with E-state index in [0.29, 0.717) is 21.9 Å². The average Bonchev–Trinajstić information content (AvgIpc) is 3.18. The number of carbonyl (C=O) groups excluding carboxylic acids is 1. The van der Waals surface area contributed by atoms with Crippen molar-refractivity contribution in [3.8, 4) is 5.69 Å². The maximum atomic E-state index is 12.9. The number of para-hydroxylation sites is 1. The second-order valence-electron chi connectivity index (χ2n) is 6.21. The minimum atomic E-state index is -0.230. The number of nitrogens with zero attached hydrogens (tertiary/aromatic N) is 3. The molecule has 2 aromatic heterocycles. The molecule has 2 N–H and O–H groups in total. The van der Waals surface area contributed by atoms with E-state index in [-0.39, 0.29) is 17.2 Å². The molecule has 0 spiro atoms. The number of aromatic nitrogens is 4. The molecule has 8 heteroatoms. The maximum Gasteiger partial charge on any atom is 0.269 e. The summed E-state index contributed by atoms with van der Waals surface area (Å²) >= 11 is 1.20. The molecule has 0 saturated carbocycles. The Hall–Kier alpha value is -3.39. The van der Waals surface area contributed by atoms with Crippen LogP contribution in [0.3, 0.4) is 0 Å². The lowest BCUT2D eigenvalue weighted by atomic mass is 10.2. The minimum absolute atomic E-state index is 0.118. The van der Waals surface area contributed by atoms with Crippen LogP contribution >= 0.6 is 11.8 Å². The van der Waals surface area contributed by atoms with Gasteiger partial charge in [0.05, 0.1) is 17.6 Å². The molecule has 0 radical (unpaired) electrons. The summed E-state index contributed by atoms with van der Waals surface area (Å²) in [4.78, 5) is 29.8. The molecule has 2 aromatic carbocycles. The Kier molecular flexibility index (Phi) is 4.94. The van der Waals surface area contributed by atoms with E-state index >= 15 is 0 Å². The third kappa shape index (κ3) is 3.67. The van der Waals surface area contributed by atoms with Crippen LogP contribution in [-0.2, 0) is 4.79 Å². The molecule has 7 nitrogen and oxygen atoms in total. The van der Waals surface area contributed by atoms with Gasteiger partial charge in [0.15, 0.2) is 10.8 Å². The number of fused-ring (bicyclic) bond motifs is 1. The van der Waals surface area contributed by atoms with Crippen molar-refractivity contribution in [1.29, 1.82) is 0 Å². The molecule has 0 aliphatic carbocycles. The number of thioether (sulfide) groups is 1. The molecule has 140 valence electrons. The normalized spacial score (nSPS) is 10.9. The lowest BCUT2D eigenvalue weighted by Crippen LogP contribution is -2.22. The van der Waals surface area contributed by atoms with Gasteiger partial charge in [-0.15, -0.1) is 0 Å². The zero-order valence-electron chi connectivity index (χ0n) is 15.0. The Morgan fingerprint density at radius 3 is 2.64 bits per heavy atom. The van der Waals surface area contributed by atoms with Crippen LogP contribution in [0.25, 0.3) is 16.7 Å². The summed E-state index contributed by atoms with van der Waals surface area (Å²) in [5, 5.41) is 10.3. The Balaban J connectivity index is 1.61. The van der Waals surface area contributed by atoms with Crippen LogP contribution in [0.1, 0.15) is 5.56 Å². The molecular weight excluding hydrogens is 374 g/mol. The number of hydrogen-bond acceptors (Lipinski definition) is 5. The number of carbonyl (C=O) groups is 1. The van der Waals surface area contributed by atoms with Gasteiger partial charge >= 0.3 is 0 Å². The summed E-state index contributed by atoms with van der Waals surface area (Å²) in [5.41, 5.74) is 2.71. The van der Waals surface area contributed by atoms with Crippen molar-refractivity contribution in [2.75, 3.05) is 11.1 Å². The number of amides is 1. The van der Waals surface area contributed by atoms with E-state index in [2.05, 4.69) is 20.5 Å². The molecule has 1 amide bonds. The van der Waals surface area contributed by atoms with E-state index in [4.69, 9.17) is 0 Å². The Labute approximate surface area is 164 Å². The first-order valence-corrected chi connectivity index (χ1v) is 9.61. The zero-order chi connectivity index (χ0) is 19.5. The molecular formula is C20H17N5O2S. The number of aryl methyl sites for hydroxylation is 1. The number of hydrogen-bond donors (Lipinski definition) is 2. The van der Waals surface area contributed by atoms with Gasteiger partial charge in [-0.25, -0.2) is 4.98 Å². The van der Waals surface area contributed by atoms with Gasteiger partial charge in [0, 0.05) is 5.69 Å². The van der Waals surface area contributed by atoms with E-state index in [9.17, 15) is 9.59 Å². The van der Waals surface area contributed by atoms with Crippen LogP contribution < -0.4 is 10.9 Å². The predicted molar refractivity (Wildman–Crippen MR) is 110 cm³/mol. The number of nitrogens with one attached hydrogen (secondary N) is 2. The molecule has 0 atom stereocenters. The Morgan fingerprint density at radius 2 is 1.89 bits per heavy atom. The van der Waals surface area contributed by atoms with Crippen molar-refractivity contribution >= 4 is 34.4 Å². The van der Waals surface area contributed by atoms with Gasteiger partial charge in [-0.1, -0.05) is 47.7 Å². The highest BCUT2D eigenvalue weighted by Crippen LogP contribution is 2.21. The fraction of sp³-hybridized carbons (Fsp3) is 0.100. The highest BCUT2D eigenvalue weighted by molar-refractivity contribution is 7.99. The number of aromatic amines is 1. The third-order valence-electron chi connectivity index (χ3n) is 4.13. The molecule has 4 aromatic rings. The molecule has 0 unspecified atom stereocenters. The van der Waals surface area contributed by atoms with Gasteiger partial charge in [0.25, 0.3) is 5.56 Å². The monoisotopic (exact) mass is 391 g/mol. The lowest BCUT2D eigenvalue weighted by molar-refractivity contribution is -0.113. The topological polar surface area (TPSA) is 92.7 Å². The molecule has 0 saturated heterocycles. The largest absolute Gasteiger partial charge is 0.325 e. The first-order valence-electron chi connectivity index (χ1n) is 8.63. The summed E-state index contributed by atoms with van der Waals surface area (Å²) in [6.07, 6.45) is 1.46. The molecule has 0 bridgehead atoms. The SMILES string of the molecule is Cc1ccc(NC(=O)CSc2nc3[nH]ncc3c(=O)n2-c2ccccc2)cc1. The molecule has 0 aliphatic rings. The zero-order valence-corrected chi connectivity index (χ0v) is 15.9. The van der Waals surface area contributed by atoms with Gasteiger partial charge in [0.2, 0.25) is 5.91 Å². The van der Waals surface area contributed by atoms with E-state index in [1.165, 1.54) is 22.5 Å². The minimum Gasteiger partial charge on any atom is -0.325 e. The van der Waals surface area contributed by atoms with Crippen molar-refractivity contribution in [3.63, 3.8) is 0 Å². The van der Waals surface area contributed by atoms with Gasteiger partial charge < -0.3 is 5.32 Å². The molecule has 0 aliphatic heterocycles. The van der Waals surface area contributed by atoms with Crippen molar-refractivity contribution in [2.24, 2.45) is 0 Å². The number of rotatable bonds is 5. The summed E-state index contributed by atoms with van der Waals surface area (Å²) in [6, 6.07) is 16.8. The first-order chi connectivity index (χ1) is 13.6. The summed E-state index contributed by atoms with van der Waals surface area (Å²) < 4.78 is 1.50. The number of anilines is 1. The fourth-order valence-corrected chi connectivity index (χ4v) is 3.55. The quantitative estimate of drug-likeness (QED) is 0.403. The fourth-order valence-electron chi connectivity index (χ4n) is 2.74. The Morgan fingerprint density at radius 1 is 1.14 bits per heavy atom. The molecule has 0 fully saturated rings. The third-order valence-corrected chi connectivity index (χ3v) is 5.07. The van der Waals surface area contributed by atoms with Crippen LogP contribution in [0, 0.1) is 6.92 Å². The average molecular weight is 391 g/mol. The van der Waals surface area contributed by atoms with E-state index < -0.39 is 0 Å². The smallest absolute Gasteiger partial charge is 0.269 e. The summed E-state index contributed by atoms with van der Waals surface area (Å²) in [5.74, 6) is -0.0558. The van der Waals surface area contributed by atoms with Gasteiger partial charge in [-0.3, -0.25) is 19.3 Å². The molecule has 28 heavy (non-hydrogen) atoms. The van der Waals surface area contributed by atoms with Gasteiger partial charge in [-0.2, -0.15) is 5.10 Å². The van der Waals surface area contributed by atoms with Crippen molar-refractivity contribution in [1.82, 2.24) is 19.7 Å². The van der Waals surface area contributed by atoms with Crippen molar-refractivity contribution in [2.45, 2.75) is 12.1 Å².